The molecule has 0 bridgehead atoms. The van der Waals surface area contributed by atoms with Crippen molar-refractivity contribution in [1.82, 2.24) is 0 Å². The van der Waals surface area contributed by atoms with E-state index >= 15 is 0 Å². The lowest BCUT2D eigenvalue weighted by molar-refractivity contribution is -0.136. The van der Waals surface area contributed by atoms with E-state index in [1.807, 2.05) is 0 Å². The number of carboxylic acid groups (broad SMARTS) is 1. The van der Waals surface area contributed by atoms with E-state index in [-0.39, 0.29) is 6.42 Å². The summed E-state index contributed by atoms with van der Waals surface area (Å²) in [7, 11) is 0. The van der Waals surface area contributed by atoms with E-state index in [0.717, 1.165) is 11.1 Å². The molecular weight excluding hydrogens is 166 g/mol. The van der Waals surface area contributed by atoms with E-state index in [2.05, 4.69) is 6.58 Å². The van der Waals surface area contributed by atoms with Gasteiger partial charge in [0.05, 0.1) is 6.42 Å². The van der Waals surface area contributed by atoms with Gasteiger partial charge in [-0.05, 0) is 17.2 Å². The van der Waals surface area contributed by atoms with Crippen LogP contribution in [-0.2, 0) is 11.2 Å². The van der Waals surface area contributed by atoms with E-state index in [1.54, 1.807) is 24.3 Å². The van der Waals surface area contributed by atoms with Crippen LogP contribution in [0.4, 0.5) is 0 Å². The third-order valence-corrected chi connectivity index (χ3v) is 1.65. The number of aliphatic carboxylic acids is 1. The summed E-state index contributed by atoms with van der Waals surface area (Å²) in [6.45, 7) is 3.58. The molecule has 1 aromatic rings. The second kappa shape index (κ2) is 3.76. The van der Waals surface area contributed by atoms with Crippen molar-refractivity contribution in [2.24, 2.45) is 5.73 Å². The number of nitrogens with two attached hydrogens (primary N) is 1. The Labute approximate surface area is 76.5 Å². The lowest BCUT2D eigenvalue weighted by Gasteiger charge is -2.01. The number of carbonyl (C=O) groups is 1. The summed E-state index contributed by atoms with van der Waals surface area (Å²) in [6, 6.07) is 7.05. The largest absolute Gasteiger partial charge is 0.481 e. The van der Waals surface area contributed by atoms with Crippen LogP contribution in [0.3, 0.4) is 0 Å². The molecule has 1 aromatic carbocycles. The van der Waals surface area contributed by atoms with Crippen LogP contribution in [-0.4, -0.2) is 11.1 Å². The molecule has 0 atom stereocenters. The van der Waals surface area contributed by atoms with Gasteiger partial charge in [0.2, 0.25) is 0 Å². The smallest absolute Gasteiger partial charge is 0.307 e. The van der Waals surface area contributed by atoms with Gasteiger partial charge in [0.1, 0.15) is 0 Å². The van der Waals surface area contributed by atoms with Gasteiger partial charge in [-0.2, -0.15) is 0 Å². The van der Waals surface area contributed by atoms with Crippen LogP contribution in [0.15, 0.2) is 30.8 Å². The predicted octanol–water partition coefficient (Wildman–Crippen LogP) is 1.24. The highest BCUT2D eigenvalue weighted by Gasteiger charge is 2.01. The Hall–Kier alpha value is -1.77. The van der Waals surface area contributed by atoms with Gasteiger partial charge < -0.3 is 10.8 Å². The molecule has 0 fully saturated rings. The van der Waals surface area contributed by atoms with Crippen LogP contribution >= 0.6 is 0 Å². The van der Waals surface area contributed by atoms with Gasteiger partial charge >= 0.3 is 5.97 Å². The lowest BCUT2D eigenvalue weighted by Crippen LogP contribution is -2.01. The van der Waals surface area contributed by atoms with Crippen LogP contribution in [0.25, 0.3) is 5.70 Å². The zero-order valence-electron chi connectivity index (χ0n) is 7.16. The van der Waals surface area contributed by atoms with Gasteiger partial charge in [0.15, 0.2) is 0 Å². The molecule has 0 aliphatic rings. The maximum absolute atomic E-state index is 10.4. The maximum Gasteiger partial charge on any atom is 0.307 e. The first-order chi connectivity index (χ1) is 6.09. The van der Waals surface area contributed by atoms with Gasteiger partial charge in [-0.3, -0.25) is 4.79 Å². The third-order valence-electron chi connectivity index (χ3n) is 1.65. The highest BCUT2D eigenvalue weighted by atomic mass is 16.4. The standard InChI is InChI=1S/C10H11NO2/c1-7(11)9-4-2-3-8(5-9)6-10(12)13/h2-5H,1,6,11H2,(H,12,13). The second-order valence-electron chi connectivity index (χ2n) is 2.80. The number of hydrogen-bond acceptors (Lipinski definition) is 2. The topological polar surface area (TPSA) is 63.3 Å². The minimum Gasteiger partial charge on any atom is -0.481 e. The normalized spacial score (nSPS) is 9.54. The summed E-state index contributed by atoms with van der Waals surface area (Å²) in [6.07, 6.45) is 0.0150. The average molecular weight is 177 g/mol. The van der Waals surface area contributed by atoms with Crippen LogP contribution in [0.2, 0.25) is 0 Å². The van der Waals surface area contributed by atoms with Crippen molar-refractivity contribution in [2.75, 3.05) is 0 Å². The van der Waals surface area contributed by atoms with E-state index in [1.165, 1.54) is 0 Å². The molecule has 0 aliphatic carbocycles. The summed E-state index contributed by atoms with van der Waals surface area (Å²) >= 11 is 0. The molecule has 68 valence electrons. The van der Waals surface area contributed by atoms with Crippen molar-refractivity contribution in [1.29, 1.82) is 0 Å². The highest BCUT2D eigenvalue weighted by molar-refractivity contribution is 5.71. The predicted molar refractivity (Wildman–Crippen MR) is 51.0 cm³/mol. The third kappa shape index (κ3) is 2.63. The monoisotopic (exact) mass is 177 g/mol. The minimum absolute atomic E-state index is 0.0150. The Kier molecular flexibility index (Phi) is 2.69. The molecule has 3 N–H and O–H groups in total. The van der Waals surface area contributed by atoms with Crippen molar-refractivity contribution in [2.45, 2.75) is 6.42 Å². The lowest BCUT2D eigenvalue weighted by atomic mass is 10.1. The molecule has 0 unspecified atom stereocenters. The Morgan fingerprint density at radius 2 is 2.23 bits per heavy atom. The number of carboxylic acids is 1. The first-order valence-electron chi connectivity index (χ1n) is 3.85. The molecule has 0 saturated carbocycles. The summed E-state index contributed by atoms with van der Waals surface area (Å²) < 4.78 is 0. The summed E-state index contributed by atoms with van der Waals surface area (Å²) in [5.41, 5.74) is 7.43. The van der Waals surface area contributed by atoms with Crippen molar-refractivity contribution in [3.8, 4) is 0 Å². The Morgan fingerprint density at radius 3 is 2.77 bits per heavy atom. The highest BCUT2D eigenvalue weighted by Crippen LogP contribution is 2.10. The Balaban J connectivity index is 2.91. The molecular formula is C10H11NO2. The zero-order valence-corrected chi connectivity index (χ0v) is 7.16. The summed E-state index contributed by atoms with van der Waals surface area (Å²) in [5.74, 6) is -0.847. The molecule has 0 spiro atoms. The summed E-state index contributed by atoms with van der Waals surface area (Å²) in [4.78, 5) is 10.4. The first-order valence-corrected chi connectivity index (χ1v) is 3.85. The van der Waals surface area contributed by atoms with Gasteiger partial charge in [0, 0.05) is 5.70 Å². The fraction of sp³-hybridized carbons (Fsp3) is 0.100. The molecule has 3 nitrogen and oxygen atoms in total. The van der Waals surface area contributed by atoms with Crippen molar-refractivity contribution >= 4 is 11.7 Å². The van der Waals surface area contributed by atoms with Crippen LogP contribution in [0.5, 0.6) is 0 Å². The van der Waals surface area contributed by atoms with Gasteiger partial charge in [-0.15, -0.1) is 0 Å². The van der Waals surface area contributed by atoms with Gasteiger partial charge in [0.25, 0.3) is 0 Å². The van der Waals surface area contributed by atoms with Gasteiger partial charge in [-0.25, -0.2) is 0 Å². The molecule has 0 radical (unpaired) electrons. The molecule has 0 amide bonds. The minimum atomic E-state index is -0.847. The molecule has 0 aliphatic heterocycles. The molecule has 1 rings (SSSR count). The number of rotatable bonds is 3. The SMILES string of the molecule is C=C(N)c1cccc(CC(=O)O)c1. The second-order valence-corrected chi connectivity index (χ2v) is 2.80. The van der Waals surface area contributed by atoms with Crippen LogP contribution in [0, 0.1) is 0 Å². The molecule has 3 heteroatoms. The molecule has 0 saturated heterocycles. The van der Waals surface area contributed by atoms with E-state index in [9.17, 15) is 4.79 Å². The number of benzene rings is 1. The quantitative estimate of drug-likeness (QED) is 0.730. The Bertz CT molecular complexity index is 345. The molecule has 13 heavy (non-hydrogen) atoms. The number of hydrogen-bond donors (Lipinski definition) is 2. The van der Waals surface area contributed by atoms with E-state index < -0.39 is 5.97 Å². The first kappa shape index (κ1) is 9.32. The van der Waals surface area contributed by atoms with Crippen LogP contribution < -0.4 is 5.73 Å². The molecule has 0 aromatic heterocycles. The van der Waals surface area contributed by atoms with Crippen molar-refractivity contribution in [3.63, 3.8) is 0 Å². The fourth-order valence-corrected chi connectivity index (χ4v) is 1.06. The summed E-state index contributed by atoms with van der Waals surface area (Å²) in [5, 5.41) is 8.54. The van der Waals surface area contributed by atoms with Crippen molar-refractivity contribution in [3.05, 3.63) is 42.0 Å². The van der Waals surface area contributed by atoms with E-state index in [0.29, 0.717) is 5.70 Å². The van der Waals surface area contributed by atoms with E-state index in [4.69, 9.17) is 10.8 Å². The maximum atomic E-state index is 10.4. The fourth-order valence-electron chi connectivity index (χ4n) is 1.06. The van der Waals surface area contributed by atoms with Crippen molar-refractivity contribution < 1.29 is 9.90 Å². The zero-order chi connectivity index (χ0) is 9.84. The Morgan fingerprint density at radius 1 is 1.54 bits per heavy atom. The van der Waals surface area contributed by atoms with Gasteiger partial charge in [-0.1, -0.05) is 24.8 Å². The average Bonchev–Trinajstić information content (AvgIpc) is 2.03. The molecule has 0 heterocycles. The van der Waals surface area contributed by atoms with Crippen LogP contribution in [0.1, 0.15) is 11.1 Å².